The van der Waals surface area contributed by atoms with Crippen LogP contribution in [0.4, 0.5) is 10.1 Å². The number of nitrogens with zero attached hydrogens (tertiary/aromatic N) is 1. The van der Waals surface area contributed by atoms with Crippen molar-refractivity contribution in [3.63, 3.8) is 0 Å². The second-order valence-corrected chi connectivity index (χ2v) is 3.92. The highest BCUT2D eigenvalue weighted by atomic mass is 19.1. The zero-order chi connectivity index (χ0) is 11.5. The van der Waals surface area contributed by atoms with Crippen molar-refractivity contribution >= 4 is 5.69 Å². The summed E-state index contributed by atoms with van der Waals surface area (Å²) < 4.78 is 13.2. The van der Waals surface area contributed by atoms with Gasteiger partial charge >= 0.3 is 0 Å². The summed E-state index contributed by atoms with van der Waals surface area (Å²) in [5, 5.41) is 0. The van der Waals surface area contributed by atoms with Crippen LogP contribution in [-0.2, 0) is 0 Å². The third-order valence-electron chi connectivity index (χ3n) is 2.53. The van der Waals surface area contributed by atoms with Crippen molar-refractivity contribution in [1.29, 1.82) is 0 Å². The van der Waals surface area contributed by atoms with Gasteiger partial charge in [0.2, 0.25) is 0 Å². The highest BCUT2D eigenvalue weighted by Crippen LogP contribution is 2.30. The molecule has 0 N–H and O–H groups in total. The normalized spacial score (nSPS) is 10.2. The fourth-order valence-electron chi connectivity index (χ4n) is 1.74. The topological polar surface area (TPSA) is 3.24 Å². The van der Waals surface area contributed by atoms with Crippen molar-refractivity contribution in [3.8, 4) is 11.1 Å². The lowest BCUT2D eigenvalue weighted by molar-refractivity contribution is 0.628. The van der Waals surface area contributed by atoms with E-state index in [4.69, 9.17) is 0 Å². The first-order valence-corrected chi connectivity index (χ1v) is 5.21. The van der Waals surface area contributed by atoms with Crippen LogP contribution in [0.3, 0.4) is 0 Å². The lowest BCUT2D eigenvalue weighted by atomic mass is 10.0. The molecular formula is C14H14FN. The molecule has 0 aliphatic carbocycles. The van der Waals surface area contributed by atoms with Crippen LogP contribution < -0.4 is 4.90 Å². The number of hydrogen-bond acceptors (Lipinski definition) is 1. The summed E-state index contributed by atoms with van der Waals surface area (Å²) in [7, 11) is 3.84. The maximum atomic E-state index is 13.2. The summed E-state index contributed by atoms with van der Waals surface area (Å²) in [4.78, 5) is 1.92. The maximum Gasteiger partial charge on any atom is 0.125 e. The number of hydrogen-bond donors (Lipinski definition) is 0. The molecule has 0 aromatic heterocycles. The molecule has 0 unspecified atom stereocenters. The van der Waals surface area contributed by atoms with Crippen LogP contribution in [0.1, 0.15) is 0 Å². The van der Waals surface area contributed by atoms with Gasteiger partial charge in [-0.05, 0) is 23.8 Å². The molecule has 1 nitrogen and oxygen atoms in total. The maximum absolute atomic E-state index is 13.2. The molecule has 0 amide bonds. The van der Waals surface area contributed by atoms with Gasteiger partial charge in [-0.3, -0.25) is 0 Å². The third kappa shape index (κ3) is 2.06. The molecule has 2 aromatic rings. The number of halogens is 1. The van der Waals surface area contributed by atoms with E-state index in [0.29, 0.717) is 0 Å². The zero-order valence-electron chi connectivity index (χ0n) is 9.44. The summed E-state index contributed by atoms with van der Waals surface area (Å²) in [5.41, 5.74) is 3.05. The predicted molar refractivity (Wildman–Crippen MR) is 66.2 cm³/mol. The van der Waals surface area contributed by atoms with Gasteiger partial charge < -0.3 is 4.90 Å². The molecule has 0 fully saturated rings. The fraction of sp³-hybridized carbons (Fsp3) is 0.143. The van der Waals surface area contributed by atoms with E-state index in [1.54, 1.807) is 6.07 Å². The Labute approximate surface area is 95.1 Å². The van der Waals surface area contributed by atoms with Crippen LogP contribution >= 0.6 is 0 Å². The van der Waals surface area contributed by atoms with Crippen molar-refractivity contribution in [2.24, 2.45) is 0 Å². The predicted octanol–water partition coefficient (Wildman–Crippen LogP) is 3.56. The molecule has 0 heterocycles. The number of anilines is 1. The lowest BCUT2D eigenvalue weighted by Gasteiger charge is -2.17. The minimum atomic E-state index is -0.205. The Morgan fingerprint density at radius 3 is 2.25 bits per heavy atom. The monoisotopic (exact) mass is 215 g/mol. The van der Waals surface area contributed by atoms with E-state index in [1.807, 2.05) is 55.4 Å². The van der Waals surface area contributed by atoms with Gasteiger partial charge in [0, 0.05) is 25.3 Å². The molecule has 2 aromatic carbocycles. The first-order chi connectivity index (χ1) is 7.68. The van der Waals surface area contributed by atoms with Gasteiger partial charge in [-0.25, -0.2) is 4.39 Å². The lowest BCUT2D eigenvalue weighted by Crippen LogP contribution is -2.10. The van der Waals surface area contributed by atoms with Crippen LogP contribution in [0.5, 0.6) is 0 Å². The van der Waals surface area contributed by atoms with Gasteiger partial charge in [0.05, 0.1) is 0 Å². The average molecular weight is 215 g/mol. The summed E-state index contributed by atoms with van der Waals surface area (Å²) in [5.74, 6) is -0.205. The number of benzene rings is 2. The standard InChI is InChI=1S/C14H14FN/c1-16(2)14-10-12(15)8-9-13(14)11-6-4-3-5-7-11/h3-10H,1-2H3. The Morgan fingerprint density at radius 2 is 1.62 bits per heavy atom. The Kier molecular flexibility index (Phi) is 2.91. The van der Waals surface area contributed by atoms with E-state index in [1.165, 1.54) is 6.07 Å². The van der Waals surface area contributed by atoms with E-state index in [0.717, 1.165) is 16.8 Å². The first-order valence-electron chi connectivity index (χ1n) is 5.21. The molecule has 0 saturated heterocycles. The molecular weight excluding hydrogens is 201 g/mol. The van der Waals surface area contributed by atoms with Crippen molar-refractivity contribution in [2.45, 2.75) is 0 Å². The Morgan fingerprint density at radius 1 is 0.938 bits per heavy atom. The summed E-state index contributed by atoms with van der Waals surface area (Å²) in [6.07, 6.45) is 0. The van der Waals surface area contributed by atoms with Gasteiger partial charge in [0.25, 0.3) is 0 Å². The van der Waals surface area contributed by atoms with Gasteiger partial charge in [0.1, 0.15) is 5.82 Å². The quantitative estimate of drug-likeness (QED) is 0.740. The van der Waals surface area contributed by atoms with E-state index in [2.05, 4.69) is 0 Å². The molecule has 0 aliphatic heterocycles. The highest BCUT2D eigenvalue weighted by Gasteiger charge is 2.07. The van der Waals surface area contributed by atoms with Crippen LogP contribution in [-0.4, -0.2) is 14.1 Å². The Hall–Kier alpha value is -1.83. The van der Waals surface area contributed by atoms with Gasteiger partial charge in [-0.15, -0.1) is 0 Å². The first kappa shape index (κ1) is 10.7. The van der Waals surface area contributed by atoms with Crippen LogP contribution in [0.25, 0.3) is 11.1 Å². The second-order valence-electron chi connectivity index (χ2n) is 3.92. The molecule has 0 spiro atoms. The minimum absolute atomic E-state index is 0.205. The minimum Gasteiger partial charge on any atom is -0.377 e. The second kappa shape index (κ2) is 4.35. The highest BCUT2D eigenvalue weighted by molar-refractivity contribution is 5.78. The van der Waals surface area contributed by atoms with Crippen LogP contribution in [0, 0.1) is 5.82 Å². The molecule has 16 heavy (non-hydrogen) atoms. The van der Waals surface area contributed by atoms with Crippen molar-refractivity contribution in [1.82, 2.24) is 0 Å². The number of rotatable bonds is 2. The van der Waals surface area contributed by atoms with Crippen LogP contribution in [0.2, 0.25) is 0 Å². The van der Waals surface area contributed by atoms with E-state index >= 15 is 0 Å². The zero-order valence-corrected chi connectivity index (χ0v) is 9.44. The van der Waals surface area contributed by atoms with Crippen LogP contribution in [0.15, 0.2) is 48.5 Å². The van der Waals surface area contributed by atoms with Gasteiger partial charge in [-0.1, -0.05) is 30.3 Å². The smallest absolute Gasteiger partial charge is 0.125 e. The molecule has 0 atom stereocenters. The van der Waals surface area contributed by atoms with Crippen molar-refractivity contribution in [2.75, 3.05) is 19.0 Å². The molecule has 0 aliphatic rings. The summed E-state index contributed by atoms with van der Waals surface area (Å²) in [6, 6.07) is 14.9. The van der Waals surface area contributed by atoms with Crippen molar-refractivity contribution in [3.05, 3.63) is 54.3 Å². The third-order valence-corrected chi connectivity index (χ3v) is 2.53. The molecule has 2 rings (SSSR count). The molecule has 0 bridgehead atoms. The Balaban J connectivity index is 2.57. The van der Waals surface area contributed by atoms with E-state index in [9.17, 15) is 4.39 Å². The SMILES string of the molecule is CN(C)c1cc(F)ccc1-c1ccccc1. The largest absolute Gasteiger partial charge is 0.377 e. The summed E-state index contributed by atoms with van der Waals surface area (Å²) >= 11 is 0. The average Bonchev–Trinajstić information content (AvgIpc) is 2.30. The molecule has 2 heteroatoms. The molecule has 82 valence electrons. The van der Waals surface area contributed by atoms with Crippen molar-refractivity contribution < 1.29 is 4.39 Å². The Bertz CT molecular complexity index is 477. The fourth-order valence-corrected chi connectivity index (χ4v) is 1.74. The van der Waals surface area contributed by atoms with Gasteiger partial charge in [-0.2, -0.15) is 0 Å². The van der Waals surface area contributed by atoms with Gasteiger partial charge in [0.15, 0.2) is 0 Å². The molecule has 0 radical (unpaired) electrons. The summed E-state index contributed by atoms with van der Waals surface area (Å²) in [6.45, 7) is 0. The van der Waals surface area contributed by atoms with E-state index in [-0.39, 0.29) is 5.82 Å². The molecule has 0 saturated carbocycles. The van der Waals surface area contributed by atoms with E-state index < -0.39 is 0 Å².